The van der Waals surface area contributed by atoms with Crippen LogP contribution in [-0.4, -0.2) is 42.0 Å². The van der Waals surface area contributed by atoms with Crippen LogP contribution in [0.4, 0.5) is 5.69 Å². The van der Waals surface area contributed by atoms with Crippen LogP contribution in [0.2, 0.25) is 0 Å². The smallest absolute Gasteiger partial charge is 0.287 e. The zero-order chi connectivity index (χ0) is 20.8. The van der Waals surface area contributed by atoms with E-state index in [0.717, 1.165) is 12.8 Å². The third-order valence-electron chi connectivity index (χ3n) is 4.42. The van der Waals surface area contributed by atoms with Crippen LogP contribution in [-0.2, 0) is 0 Å². The lowest BCUT2D eigenvalue weighted by Crippen LogP contribution is -2.26. The Morgan fingerprint density at radius 2 is 1.86 bits per heavy atom. The number of anilines is 1. The van der Waals surface area contributed by atoms with E-state index in [-0.39, 0.29) is 17.4 Å². The summed E-state index contributed by atoms with van der Waals surface area (Å²) in [5, 5.41) is 5.64. The Kier molecular flexibility index (Phi) is 6.33. The number of hydrogen-bond acceptors (Lipinski definition) is 5. The molecule has 0 bridgehead atoms. The first kappa shape index (κ1) is 20.2. The van der Waals surface area contributed by atoms with Gasteiger partial charge in [-0.1, -0.05) is 19.4 Å². The van der Waals surface area contributed by atoms with Gasteiger partial charge in [0.15, 0.2) is 17.2 Å². The van der Waals surface area contributed by atoms with Crippen molar-refractivity contribution in [3.05, 3.63) is 54.1 Å². The van der Waals surface area contributed by atoms with E-state index >= 15 is 0 Å². The molecular formula is C21H24N4O4. The molecular weight excluding hydrogens is 372 g/mol. The summed E-state index contributed by atoms with van der Waals surface area (Å²) in [6, 6.07) is 10.4. The topological polar surface area (TPSA) is 94.0 Å². The van der Waals surface area contributed by atoms with E-state index in [9.17, 15) is 9.59 Å². The average molecular weight is 396 g/mol. The second kappa shape index (κ2) is 9.09. The summed E-state index contributed by atoms with van der Waals surface area (Å²) in [5.41, 5.74) is 1.24. The molecule has 3 rings (SSSR count). The molecule has 8 nitrogen and oxygen atoms in total. The first-order valence-corrected chi connectivity index (χ1v) is 9.37. The largest absolute Gasteiger partial charge is 0.493 e. The first-order valence-electron chi connectivity index (χ1n) is 9.37. The van der Waals surface area contributed by atoms with Gasteiger partial charge in [-0.05, 0) is 30.7 Å². The van der Waals surface area contributed by atoms with Gasteiger partial charge in [0.2, 0.25) is 5.82 Å². The Labute approximate surface area is 168 Å². The molecule has 2 amide bonds. The van der Waals surface area contributed by atoms with Crippen LogP contribution in [0.15, 0.2) is 42.6 Å². The number of imidazole rings is 1. The molecule has 0 radical (unpaired) electrons. The van der Waals surface area contributed by atoms with Crippen molar-refractivity contribution in [1.82, 2.24) is 14.7 Å². The number of nitrogens with one attached hydrogen (secondary N) is 2. The summed E-state index contributed by atoms with van der Waals surface area (Å²) in [5.74, 6) is 0.493. The number of carbonyl (C=O) groups is 2. The van der Waals surface area contributed by atoms with E-state index < -0.39 is 5.91 Å². The molecule has 0 unspecified atom stereocenters. The number of benzene rings is 1. The molecule has 29 heavy (non-hydrogen) atoms. The molecule has 8 heteroatoms. The first-order chi connectivity index (χ1) is 14.1. The maximum atomic E-state index is 12.9. The van der Waals surface area contributed by atoms with Crippen molar-refractivity contribution in [2.24, 2.45) is 0 Å². The lowest BCUT2D eigenvalue weighted by Gasteiger charge is -2.10. The van der Waals surface area contributed by atoms with Crippen LogP contribution in [0.5, 0.6) is 11.5 Å². The summed E-state index contributed by atoms with van der Waals surface area (Å²) < 4.78 is 12.1. The van der Waals surface area contributed by atoms with Gasteiger partial charge < -0.3 is 20.1 Å². The van der Waals surface area contributed by atoms with Gasteiger partial charge in [0.05, 0.1) is 19.7 Å². The van der Waals surface area contributed by atoms with Crippen LogP contribution < -0.4 is 20.1 Å². The minimum absolute atomic E-state index is 0.168. The van der Waals surface area contributed by atoms with Crippen LogP contribution in [0, 0.1) is 0 Å². The van der Waals surface area contributed by atoms with Crippen molar-refractivity contribution >= 4 is 23.0 Å². The van der Waals surface area contributed by atoms with E-state index in [1.54, 1.807) is 54.1 Å². The molecule has 2 heterocycles. The second-order valence-corrected chi connectivity index (χ2v) is 6.37. The van der Waals surface area contributed by atoms with Gasteiger partial charge in [-0.3, -0.25) is 14.0 Å². The fourth-order valence-electron chi connectivity index (χ4n) is 2.93. The normalized spacial score (nSPS) is 10.6. The van der Waals surface area contributed by atoms with E-state index in [0.29, 0.717) is 29.2 Å². The lowest BCUT2D eigenvalue weighted by molar-refractivity contribution is 0.0942. The van der Waals surface area contributed by atoms with Crippen LogP contribution in [0.25, 0.3) is 5.52 Å². The number of carbonyl (C=O) groups excluding carboxylic acids is 2. The van der Waals surface area contributed by atoms with Gasteiger partial charge in [0, 0.05) is 24.5 Å². The Bertz CT molecular complexity index is 1030. The Hall–Kier alpha value is -3.55. The Morgan fingerprint density at radius 3 is 2.59 bits per heavy atom. The molecule has 1 aromatic carbocycles. The molecule has 0 aliphatic heterocycles. The number of pyridine rings is 1. The van der Waals surface area contributed by atoms with Crippen LogP contribution in [0.1, 0.15) is 40.9 Å². The molecule has 3 aromatic rings. The maximum absolute atomic E-state index is 12.9. The minimum atomic E-state index is -0.423. The van der Waals surface area contributed by atoms with E-state index in [2.05, 4.69) is 15.6 Å². The fourth-order valence-corrected chi connectivity index (χ4v) is 2.93. The number of ether oxygens (including phenoxy) is 2. The highest BCUT2D eigenvalue weighted by Gasteiger charge is 2.21. The minimum Gasteiger partial charge on any atom is -0.493 e. The third kappa shape index (κ3) is 4.31. The van der Waals surface area contributed by atoms with Crippen LogP contribution >= 0.6 is 0 Å². The van der Waals surface area contributed by atoms with Gasteiger partial charge in [0.1, 0.15) is 0 Å². The van der Waals surface area contributed by atoms with Crippen molar-refractivity contribution in [3.8, 4) is 11.5 Å². The standard InChI is InChI=1S/C21H24N4O4/c1-4-5-11-22-21(27)19-24-18(15-8-6-7-12-25(15)19)20(26)23-14-9-10-16(28-2)17(13-14)29-3/h6-10,12-13H,4-5,11H2,1-3H3,(H,22,27)(H,23,26). The highest BCUT2D eigenvalue weighted by atomic mass is 16.5. The highest BCUT2D eigenvalue weighted by molar-refractivity contribution is 6.09. The summed E-state index contributed by atoms with van der Waals surface area (Å²) >= 11 is 0. The zero-order valence-electron chi connectivity index (χ0n) is 16.7. The van der Waals surface area contributed by atoms with Crippen molar-refractivity contribution in [3.63, 3.8) is 0 Å². The number of aromatic nitrogens is 2. The molecule has 0 aliphatic rings. The predicted octanol–water partition coefficient (Wildman–Crippen LogP) is 3.13. The summed E-state index contributed by atoms with van der Waals surface area (Å²) in [6.07, 6.45) is 3.56. The van der Waals surface area contributed by atoms with Gasteiger partial charge in [-0.25, -0.2) is 4.98 Å². The number of rotatable bonds is 8. The van der Waals surface area contributed by atoms with Gasteiger partial charge in [-0.2, -0.15) is 0 Å². The Morgan fingerprint density at radius 1 is 1.07 bits per heavy atom. The number of fused-ring (bicyclic) bond motifs is 1. The summed E-state index contributed by atoms with van der Waals surface area (Å²) in [6.45, 7) is 2.61. The van der Waals surface area contributed by atoms with Crippen molar-refractivity contribution in [2.45, 2.75) is 19.8 Å². The molecule has 0 atom stereocenters. The van der Waals surface area contributed by atoms with Crippen LogP contribution in [0.3, 0.4) is 0 Å². The lowest BCUT2D eigenvalue weighted by atomic mass is 10.2. The number of hydrogen-bond donors (Lipinski definition) is 2. The molecule has 0 saturated carbocycles. The Balaban J connectivity index is 1.89. The zero-order valence-corrected chi connectivity index (χ0v) is 16.7. The quantitative estimate of drug-likeness (QED) is 0.571. The SMILES string of the molecule is CCCCNC(=O)c1nc(C(=O)Nc2ccc(OC)c(OC)c2)c2ccccn12. The monoisotopic (exact) mass is 396 g/mol. The van der Waals surface area contributed by atoms with Crippen molar-refractivity contribution in [2.75, 3.05) is 26.1 Å². The van der Waals surface area contributed by atoms with Gasteiger partial charge >= 0.3 is 0 Å². The van der Waals surface area contributed by atoms with Crippen molar-refractivity contribution in [1.29, 1.82) is 0 Å². The van der Waals surface area contributed by atoms with E-state index in [4.69, 9.17) is 9.47 Å². The average Bonchev–Trinajstić information content (AvgIpc) is 3.13. The predicted molar refractivity (Wildman–Crippen MR) is 110 cm³/mol. The molecule has 2 N–H and O–H groups in total. The third-order valence-corrected chi connectivity index (χ3v) is 4.42. The summed E-state index contributed by atoms with van der Waals surface area (Å²) in [7, 11) is 3.07. The van der Waals surface area contributed by atoms with Crippen molar-refractivity contribution < 1.29 is 19.1 Å². The number of unbranched alkanes of at least 4 members (excludes halogenated alkanes) is 1. The van der Waals surface area contributed by atoms with E-state index in [1.807, 2.05) is 6.92 Å². The molecule has 0 aliphatic carbocycles. The number of nitrogens with zero attached hydrogens (tertiary/aromatic N) is 2. The van der Waals surface area contributed by atoms with E-state index in [1.165, 1.54) is 7.11 Å². The number of methoxy groups -OCH3 is 2. The fraction of sp³-hybridized carbons (Fsp3) is 0.286. The number of amides is 2. The highest BCUT2D eigenvalue weighted by Crippen LogP contribution is 2.30. The molecule has 0 fully saturated rings. The molecule has 152 valence electrons. The maximum Gasteiger partial charge on any atom is 0.287 e. The summed E-state index contributed by atoms with van der Waals surface area (Å²) in [4.78, 5) is 29.7. The second-order valence-electron chi connectivity index (χ2n) is 6.37. The van der Waals surface area contributed by atoms with Gasteiger partial charge in [-0.15, -0.1) is 0 Å². The molecule has 0 spiro atoms. The molecule has 0 saturated heterocycles. The van der Waals surface area contributed by atoms with Gasteiger partial charge in [0.25, 0.3) is 11.8 Å². The molecule has 2 aromatic heterocycles.